The molecular formula is C30H31NO2P+. The second-order valence-electron chi connectivity index (χ2n) is 9.30. The van der Waals surface area contributed by atoms with Crippen molar-refractivity contribution in [3.63, 3.8) is 0 Å². The molecule has 0 bridgehead atoms. The van der Waals surface area contributed by atoms with Crippen LogP contribution in [0.15, 0.2) is 115 Å². The number of hydrogen-bond acceptors (Lipinski definition) is 2. The third kappa shape index (κ3) is 5.55. The third-order valence-electron chi connectivity index (χ3n) is 5.58. The molecule has 4 aromatic rings. The fourth-order valence-electron chi connectivity index (χ4n) is 4.21. The van der Waals surface area contributed by atoms with Crippen molar-refractivity contribution in [3.05, 3.63) is 121 Å². The standard InChI is InChI=1S/C30H30NO2P/c1-30(2,3)33-29(32)31-25-15-13-14-24(22-25)23-34(26-16-7-4-8-17-26,27-18-9-5-10-19-27)28-20-11-6-12-21-28/h4-22H,23H2,1-3H3/p+1. The molecule has 0 heterocycles. The average Bonchev–Trinajstić information content (AvgIpc) is 2.83. The summed E-state index contributed by atoms with van der Waals surface area (Å²) in [6, 6.07) is 40.5. The molecule has 0 fully saturated rings. The lowest BCUT2D eigenvalue weighted by molar-refractivity contribution is 0.0636. The number of hydrogen-bond donors (Lipinski definition) is 1. The van der Waals surface area contributed by atoms with E-state index in [9.17, 15) is 4.79 Å². The number of rotatable bonds is 6. The van der Waals surface area contributed by atoms with Crippen LogP contribution < -0.4 is 21.2 Å². The molecule has 4 aromatic carbocycles. The minimum Gasteiger partial charge on any atom is -0.444 e. The number of nitrogens with one attached hydrogen (secondary N) is 1. The van der Waals surface area contributed by atoms with Gasteiger partial charge in [0.25, 0.3) is 0 Å². The Labute approximate surface area is 203 Å². The van der Waals surface area contributed by atoms with Crippen LogP contribution in [0.5, 0.6) is 0 Å². The monoisotopic (exact) mass is 468 g/mol. The zero-order valence-electron chi connectivity index (χ0n) is 19.9. The van der Waals surface area contributed by atoms with E-state index < -0.39 is 19.0 Å². The van der Waals surface area contributed by atoms with Gasteiger partial charge in [-0.25, -0.2) is 4.79 Å². The summed E-state index contributed by atoms with van der Waals surface area (Å²) in [7, 11) is -2.01. The Hall–Kier alpha value is -3.42. The first-order chi connectivity index (χ1) is 16.4. The number of ether oxygens (including phenoxy) is 1. The van der Waals surface area contributed by atoms with Gasteiger partial charge < -0.3 is 4.74 Å². The molecule has 0 aromatic heterocycles. The van der Waals surface area contributed by atoms with E-state index in [4.69, 9.17) is 4.74 Å². The molecule has 4 rings (SSSR count). The Balaban J connectivity index is 1.80. The maximum atomic E-state index is 12.4. The lowest BCUT2D eigenvalue weighted by Crippen LogP contribution is -2.32. The zero-order chi connectivity index (χ0) is 24.0. The van der Waals surface area contributed by atoms with Crippen LogP contribution in [0.1, 0.15) is 26.3 Å². The fraction of sp³-hybridized carbons (Fsp3) is 0.167. The maximum Gasteiger partial charge on any atom is 0.412 e. The zero-order valence-corrected chi connectivity index (χ0v) is 20.8. The highest BCUT2D eigenvalue weighted by Crippen LogP contribution is 2.58. The minimum atomic E-state index is -2.01. The Bertz CT molecular complexity index is 1120. The van der Waals surface area contributed by atoms with E-state index in [0.29, 0.717) is 0 Å². The normalized spacial score (nSPS) is 11.6. The number of benzene rings is 4. The molecule has 1 amide bonds. The Morgan fingerprint density at radius 3 is 1.62 bits per heavy atom. The maximum absolute atomic E-state index is 12.4. The summed E-state index contributed by atoms with van der Waals surface area (Å²) in [5, 5.41) is 6.89. The van der Waals surface area contributed by atoms with Crippen LogP contribution in [0.25, 0.3) is 0 Å². The van der Waals surface area contributed by atoms with E-state index >= 15 is 0 Å². The van der Waals surface area contributed by atoms with Gasteiger partial charge in [0.2, 0.25) is 0 Å². The number of amides is 1. The lowest BCUT2D eigenvalue weighted by Gasteiger charge is -2.28. The molecule has 0 atom stereocenters. The Kier molecular flexibility index (Phi) is 7.14. The molecule has 0 radical (unpaired) electrons. The van der Waals surface area contributed by atoms with Gasteiger partial charge in [-0.1, -0.05) is 66.7 Å². The first-order valence-corrected chi connectivity index (χ1v) is 13.5. The molecule has 0 saturated carbocycles. The summed E-state index contributed by atoms with van der Waals surface area (Å²) in [5.41, 5.74) is 1.36. The van der Waals surface area contributed by atoms with Gasteiger partial charge in [0.1, 0.15) is 28.8 Å². The van der Waals surface area contributed by atoms with E-state index in [1.165, 1.54) is 21.5 Å². The molecular weight excluding hydrogens is 437 g/mol. The molecule has 0 spiro atoms. The van der Waals surface area contributed by atoms with Gasteiger partial charge in [0.15, 0.2) is 0 Å². The second-order valence-corrected chi connectivity index (χ2v) is 12.8. The molecule has 0 unspecified atom stereocenters. The Morgan fingerprint density at radius 2 is 1.18 bits per heavy atom. The second kappa shape index (κ2) is 10.2. The molecule has 172 valence electrons. The van der Waals surface area contributed by atoms with E-state index in [2.05, 4.69) is 108 Å². The summed E-state index contributed by atoms with van der Waals surface area (Å²) in [4.78, 5) is 12.4. The molecule has 34 heavy (non-hydrogen) atoms. The molecule has 3 nitrogen and oxygen atoms in total. The van der Waals surface area contributed by atoms with Crippen LogP contribution in [0, 0.1) is 0 Å². The quantitative estimate of drug-likeness (QED) is 0.327. The van der Waals surface area contributed by atoms with Gasteiger partial charge in [-0.05, 0) is 74.9 Å². The predicted molar refractivity (Wildman–Crippen MR) is 145 cm³/mol. The summed E-state index contributed by atoms with van der Waals surface area (Å²) in [6.07, 6.45) is 0.398. The van der Waals surface area contributed by atoms with Crippen molar-refractivity contribution in [2.75, 3.05) is 5.32 Å². The van der Waals surface area contributed by atoms with E-state index in [0.717, 1.165) is 11.8 Å². The molecule has 0 aliphatic rings. The van der Waals surface area contributed by atoms with Crippen LogP contribution in [-0.4, -0.2) is 11.7 Å². The number of anilines is 1. The molecule has 4 heteroatoms. The van der Waals surface area contributed by atoms with Crippen molar-refractivity contribution in [2.45, 2.75) is 32.5 Å². The minimum absolute atomic E-state index is 0.445. The smallest absolute Gasteiger partial charge is 0.412 e. The molecule has 0 aliphatic carbocycles. The van der Waals surface area contributed by atoms with Crippen molar-refractivity contribution in [3.8, 4) is 0 Å². The fourth-order valence-corrected chi connectivity index (χ4v) is 8.44. The van der Waals surface area contributed by atoms with E-state index in [-0.39, 0.29) is 0 Å². The largest absolute Gasteiger partial charge is 0.444 e. The third-order valence-corrected chi connectivity index (χ3v) is 9.96. The predicted octanol–water partition coefficient (Wildman–Crippen LogP) is 6.53. The van der Waals surface area contributed by atoms with Gasteiger partial charge in [0, 0.05) is 5.69 Å². The van der Waals surface area contributed by atoms with Crippen molar-refractivity contribution >= 4 is 35.0 Å². The van der Waals surface area contributed by atoms with Gasteiger partial charge >= 0.3 is 6.09 Å². The highest BCUT2D eigenvalue weighted by atomic mass is 31.2. The van der Waals surface area contributed by atoms with Gasteiger partial charge in [0.05, 0.1) is 6.16 Å². The first kappa shape index (κ1) is 23.7. The number of carbonyl (C=O) groups is 1. The average molecular weight is 469 g/mol. The van der Waals surface area contributed by atoms with Gasteiger partial charge in [-0.2, -0.15) is 0 Å². The highest BCUT2D eigenvalue weighted by Gasteiger charge is 2.45. The highest BCUT2D eigenvalue weighted by molar-refractivity contribution is 7.95. The summed E-state index contributed by atoms with van der Waals surface area (Å²) in [5.74, 6) is 0. The van der Waals surface area contributed by atoms with Crippen LogP contribution >= 0.6 is 7.26 Å². The number of carbonyl (C=O) groups excluding carboxylic acids is 1. The molecule has 0 aliphatic heterocycles. The van der Waals surface area contributed by atoms with Gasteiger partial charge in [-0.3, -0.25) is 5.32 Å². The van der Waals surface area contributed by atoms with E-state index in [1.807, 2.05) is 32.9 Å². The van der Waals surface area contributed by atoms with E-state index in [1.54, 1.807) is 0 Å². The van der Waals surface area contributed by atoms with Crippen molar-refractivity contribution in [2.24, 2.45) is 0 Å². The summed E-state index contributed by atoms with van der Waals surface area (Å²) < 4.78 is 5.45. The van der Waals surface area contributed by atoms with Crippen molar-refractivity contribution < 1.29 is 9.53 Å². The summed E-state index contributed by atoms with van der Waals surface area (Å²) >= 11 is 0. The van der Waals surface area contributed by atoms with Crippen LogP contribution in [0.4, 0.5) is 10.5 Å². The van der Waals surface area contributed by atoms with Crippen LogP contribution in [0.2, 0.25) is 0 Å². The SMILES string of the molecule is CC(C)(C)OC(=O)Nc1cccc(C[P+](c2ccccc2)(c2ccccc2)c2ccccc2)c1. The first-order valence-electron chi connectivity index (χ1n) is 11.5. The van der Waals surface area contributed by atoms with Crippen molar-refractivity contribution in [1.82, 2.24) is 0 Å². The Morgan fingerprint density at radius 1 is 0.706 bits per heavy atom. The topological polar surface area (TPSA) is 38.3 Å². The molecule has 1 N–H and O–H groups in total. The van der Waals surface area contributed by atoms with Gasteiger partial charge in [-0.15, -0.1) is 0 Å². The lowest BCUT2D eigenvalue weighted by atomic mass is 10.2. The van der Waals surface area contributed by atoms with Crippen LogP contribution in [-0.2, 0) is 10.9 Å². The van der Waals surface area contributed by atoms with Crippen LogP contribution in [0.3, 0.4) is 0 Å². The molecule has 0 saturated heterocycles. The summed E-state index contributed by atoms with van der Waals surface area (Å²) in [6.45, 7) is 5.59. The van der Waals surface area contributed by atoms with Crippen molar-refractivity contribution in [1.29, 1.82) is 0 Å².